The average molecular weight is 611 g/mol. The van der Waals surface area contributed by atoms with E-state index in [9.17, 15) is 24.4 Å². The van der Waals surface area contributed by atoms with Crippen LogP contribution in [-0.4, -0.2) is 47.3 Å². The van der Waals surface area contributed by atoms with E-state index in [1.807, 2.05) is 62.4 Å². The van der Waals surface area contributed by atoms with Crippen molar-refractivity contribution in [2.75, 3.05) is 6.61 Å². The molecule has 2 unspecified atom stereocenters. The van der Waals surface area contributed by atoms with Crippen molar-refractivity contribution in [2.24, 2.45) is 17.8 Å². The van der Waals surface area contributed by atoms with Crippen LogP contribution in [0.2, 0.25) is 0 Å². The largest absolute Gasteiger partial charge is 0.494 e. The third-order valence-corrected chi connectivity index (χ3v) is 7.24. The van der Waals surface area contributed by atoms with E-state index in [1.54, 1.807) is 26.3 Å². The summed E-state index contributed by atoms with van der Waals surface area (Å²) in [5.41, 5.74) is 3.68. The quantitative estimate of drug-likeness (QED) is 0.223. The molecular formula is C33H46N4O7. The van der Waals surface area contributed by atoms with Crippen molar-refractivity contribution in [3.8, 4) is 5.75 Å². The minimum atomic E-state index is -0.901. The van der Waals surface area contributed by atoms with Crippen LogP contribution in [0.1, 0.15) is 70.6 Å². The zero-order valence-corrected chi connectivity index (χ0v) is 26.3. The third-order valence-electron chi connectivity index (χ3n) is 7.24. The standard InChI is InChI=1S/C33H46N4O7/c1-21(2)17-27-26(30(39)37-42)7-6-16-43-25-14-12-22(13-15-25)18-28(36-29(27)38)31(40)34-19-23-8-10-24(11-9-23)20-35-32(41)44-33(3,4)5/h8-15,21,26-28,42H,6-7,16-20H2,1-5H3,(H,34,40)(H,35,41)(H,36,38)(H,37,39)/t26?,27-,28?/m1/s1. The number of carbonyl (C=O) groups excluding carboxylic acids is 4. The molecule has 0 fully saturated rings. The molecule has 2 heterocycles. The molecule has 44 heavy (non-hydrogen) atoms. The molecule has 0 aliphatic carbocycles. The summed E-state index contributed by atoms with van der Waals surface area (Å²) < 4.78 is 11.1. The first kappa shape index (κ1) is 34.4. The molecule has 2 aromatic rings. The SMILES string of the molecule is CC(C)C[C@H]1C(=O)NC(C(=O)NCc2ccc(CNC(=O)OC(C)(C)C)cc2)Cc2ccc(cc2)OCCCC1C(=O)NO. The number of rotatable bonds is 8. The van der Waals surface area contributed by atoms with Gasteiger partial charge in [0.1, 0.15) is 17.4 Å². The number of amides is 4. The zero-order chi connectivity index (χ0) is 32.3. The van der Waals surface area contributed by atoms with E-state index in [0.717, 1.165) is 16.7 Å². The van der Waals surface area contributed by atoms with Crippen LogP contribution in [0.15, 0.2) is 48.5 Å². The second kappa shape index (κ2) is 16.1. The molecule has 2 bridgehead atoms. The van der Waals surface area contributed by atoms with Gasteiger partial charge in [-0.3, -0.25) is 19.6 Å². The Morgan fingerprint density at radius 3 is 2.16 bits per heavy atom. The molecule has 0 radical (unpaired) electrons. The first-order valence-electron chi connectivity index (χ1n) is 15.1. The van der Waals surface area contributed by atoms with Crippen LogP contribution >= 0.6 is 0 Å². The van der Waals surface area contributed by atoms with Gasteiger partial charge in [0, 0.05) is 25.4 Å². The van der Waals surface area contributed by atoms with Crippen molar-refractivity contribution in [3.63, 3.8) is 0 Å². The van der Waals surface area contributed by atoms with Crippen molar-refractivity contribution < 1.29 is 33.9 Å². The molecule has 2 aromatic carbocycles. The minimum absolute atomic E-state index is 0.0938. The molecule has 3 atom stereocenters. The van der Waals surface area contributed by atoms with Crippen molar-refractivity contribution >= 4 is 23.8 Å². The molecule has 2 aliphatic heterocycles. The highest BCUT2D eigenvalue weighted by Gasteiger charge is 2.36. The van der Waals surface area contributed by atoms with Crippen LogP contribution in [-0.2, 0) is 38.6 Å². The Kier molecular flexibility index (Phi) is 12.6. The van der Waals surface area contributed by atoms with E-state index < -0.39 is 41.4 Å². The summed E-state index contributed by atoms with van der Waals surface area (Å²) in [6.45, 7) is 10.2. The van der Waals surface area contributed by atoms with Crippen LogP contribution in [0.5, 0.6) is 5.75 Å². The lowest BCUT2D eigenvalue weighted by atomic mass is 9.81. The third kappa shape index (κ3) is 11.2. The van der Waals surface area contributed by atoms with Crippen LogP contribution in [0.25, 0.3) is 0 Å². The number of benzene rings is 2. The van der Waals surface area contributed by atoms with Gasteiger partial charge in [0.2, 0.25) is 17.7 Å². The lowest BCUT2D eigenvalue weighted by Gasteiger charge is -2.29. The number of hydrogen-bond donors (Lipinski definition) is 5. The lowest BCUT2D eigenvalue weighted by Crippen LogP contribution is -2.51. The van der Waals surface area contributed by atoms with E-state index >= 15 is 0 Å². The maximum absolute atomic E-state index is 13.7. The molecule has 11 heteroatoms. The molecule has 0 aromatic heterocycles. The molecule has 240 valence electrons. The number of fused-ring (bicyclic) bond motifs is 11. The highest BCUT2D eigenvalue weighted by Crippen LogP contribution is 2.27. The van der Waals surface area contributed by atoms with Crippen LogP contribution in [0.3, 0.4) is 0 Å². The normalized spacial score (nSPS) is 19.2. The van der Waals surface area contributed by atoms with E-state index in [1.165, 1.54) is 0 Å². The van der Waals surface area contributed by atoms with Gasteiger partial charge < -0.3 is 25.4 Å². The maximum atomic E-state index is 13.7. The molecule has 5 N–H and O–H groups in total. The van der Waals surface area contributed by atoms with Gasteiger partial charge in [-0.15, -0.1) is 0 Å². The highest BCUT2D eigenvalue weighted by molar-refractivity contribution is 5.91. The maximum Gasteiger partial charge on any atom is 0.407 e. The Balaban J connectivity index is 1.73. The van der Waals surface area contributed by atoms with Gasteiger partial charge in [-0.05, 0) is 74.8 Å². The topological polar surface area (TPSA) is 155 Å². The summed E-state index contributed by atoms with van der Waals surface area (Å²) in [6.07, 6.45) is 0.970. The van der Waals surface area contributed by atoms with Gasteiger partial charge in [-0.2, -0.15) is 0 Å². The van der Waals surface area contributed by atoms with Crippen molar-refractivity contribution in [2.45, 2.75) is 85.0 Å². The molecule has 11 nitrogen and oxygen atoms in total. The summed E-state index contributed by atoms with van der Waals surface area (Å²) in [5.74, 6) is -2.19. The molecule has 0 saturated heterocycles. The molecule has 0 saturated carbocycles. The van der Waals surface area contributed by atoms with Crippen molar-refractivity contribution in [3.05, 3.63) is 65.2 Å². The van der Waals surface area contributed by atoms with Crippen molar-refractivity contribution in [1.82, 2.24) is 21.4 Å². The summed E-state index contributed by atoms with van der Waals surface area (Å²) in [7, 11) is 0. The average Bonchev–Trinajstić information content (AvgIpc) is 2.97. The second-order valence-electron chi connectivity index (χ2n) is 12.6. The Labute approximate surface area is 259 Å². The number of alkyl carbamates (subject to hydrolysis) is 1. The van der Waals surface area contributed by atoms with Gasteiger partial charge in [-0.25, -0.2) is 10.3 Å². The van der Waals surface area contributed by atoms with Gasteiger partial charge in [0.05, 0.1) is 12.5 Å². The Bertz CT molecular complexity index is 1260. The Hall–Kier alpha value is -4.12. The Morgan fingerprint density at radius 2 is 1.59 bits per heavy atom. The monoisotopic (exact) mass is 610 g/mol. The Morgan fingerprint density at radius 1 is 0.977 bits per heavy atom. The van der Waals surface area contributed by atoms with Gasteiger partial charge in [-0.1, -0.05) is 50.2 Å². The van der Waals surface area contributed by atoms with Gasteiger partial charge >= 0.3 is 6.09 Å². The fraction of sp³-hybridized carbons (Fsp3) is 0.515. The van der Waals surface area contributed by atoms with Gasteiger partial charge in [0.25, 0.3) is 0 Å². The molecular weight excluding hydrogens is 564 g/mol. The second-order valence-corrected chi connectivity index (χ2v) is 12.6. The predicted molar refractivity (Wildman–Crippen MR) is 165 cm³/mol. The van der Waals surface area contributed by atoms with E-state index in [-0.39, 0.29) is 24.8 Å². The molecule has 2 aliphatic rings. The summed E-state index contributed by atoms with van der Waals surface area (Å²) in [4.78, 5) is 51.8. The number of ether oxygens (including phenoxy) is 2. The molecule has 4 rings (SSSR count). The predicted octanol–water partition coefficient (Wildman–Crippen LogP) is 4.01. The van der Waals surface area contributed by atoms with Crippen LogP contribution in [0, 0.1) is 17.8 Å². The van der Waals surface area contributed by atoms with Crippen molar-refractivity contribution in [1.29, 1.82) is 0 Å². The lowest BCUT2D eigenvalue weighted by molar-refractivity contribution is -0.142. The van der Waals surface area contributed by atoms with Crippen LogP contribution in [0.4, 0.5) is 4.79 Å². The van der Waals surface area contributed by atoms with E-state index in [0.29, 0.717) is 38.2 Å². The smallest absolute Gasteiger partial charge is 0.407 e. The first-order valence-corrected chi connectivity index (χ1v) is 15.1. The van der Waals surface area contributed by atoms with Gasteiger partial charge in [0.15, 0.2) is 0 Å². The van der Waals surface area contributed by atoms with Crippen LogP contribution < -0.4 is 26.2 Å². The summed E-state index contributed by atoms with van der Waals surface area (Å²) >= 11 is 0. The van der Waals surface area contributed by atoms with E-state index in [4.69, 9.17) is 9.47 Å². The number of hydroxylamine groups is 1. The number of carbonyl (C=O) groups is 4. The zero-order valence-electron chi connectivity index (χ0n) is 26.3. The molecule has 0 spiro atoms. The first-order chi connectivity index (χ1) is 20.8. The minimum Gasteiger partial charge on any atom is -0.494 e. The number of nitrogens with one attached hydrogen (secondary N) is 4. The summed E-state index contributed by atoms with van der Waals surface area (Å²) in [6, 6.07) is 13.9. The highest BCUT2D eigenvalue weighted by atomic mass is 16.6. The van der Waals surface area contributed by atoms with E-state index in [2.05, 4.69) is 16.0 Å². The fourth-order valence-corrected chi connectivity index (χ4v) is 5.07. The summed E-state index contributed by atoms with van der Waals surface area (Å²) in [5, 5.41) is 18.0. The molecule has 4 amide bonds. The fourth-order valence-electron chi connectivity index (χ4n) is 5.07. The number of hydrogen-bond acceptors (Lipinski definition) is 7.